The fourth-order valence-electron chi connectivity index (χ4n) is 2.64. The number of benzene rings is 1. The molecule has 0 saturated carbocycles. The molecule has 0 aliphatic rings. The highest BCUT2D eigenvalue weighted by Crippen LogP contribution is 2.25. The lowest BCUT2D eigenvalue weighted by Crippen LogP contribution is -2.22. The number of carbonyl (C=O) groups excluding carboxylic acids is 1. The van der Waals surface area contributed by atoms with Crippen molar-refractivity contribution in [2.24, 2.45) is 11.8 Å². The van der Waals surface area contributed by atoms with E-state index in [4.69, 9.17) is 0 Å². The second-order valence-corrected chi connectivity index (χ2v) is 6.97. The highest BCUT2D eigenvalue weighted by atomic mass is 16.2. The Labute approximate surface area is 133 Å². The van der Waals surface area contributed by atoms with Gasteiger partial charge in [-0.15, -0.1) is 0 Å². The van der Waals surface area contributed by atoms with E-state index < -0.39 is 0 Å². The van der Waals surface area contributed by atoms with Gasteiger partial charge in [-0.3, -0.25) is 9.36 Å². The first kappa shape index (κ1) is 16.8. The second kappa shape index (κ2) is 6.66. The summed E-state index contributed by atoms with van der Waals surface area (Å²) in [7, 11) is 4.16. The Balaban J connectivity index is 2.48. The van der Waals surface area contributed by atoms with Crippen LogP contribution in [0.2, 0.25) is 0 Å². The number of hydrogen-bond donors (Lipinski definition) is 0. The summed E-state index contributed by atoms with van der Waals surface area (Å²) in [5, 5.41) is 1.21. The zero-order chi connectivity index (χ0) is 16.4. The summed E-state index contributed by atoms with van der Waals surface area (Å²) in [5.41, 5.74) is 3.54. The van der Waals surface area contributed by atoms with E-state index in [2.05, 4.69) is 64.2 Å². The van der Waals surface area contributed by atoms with Crippen LogP contribution in [0.4, 0.5) is 0 Å². The molecule has 1 atom stereocenters. The van der Waals surface area contributed by atoms with Crippen molar-refractivity contribution >= 4 is 16.8 Å². The Morgan fingerprint density at radius 3 is 2.50 bits per heavy atom. The number of hydrogen-bond acceptors (Lipinski definition) is 2. The topological polar surface area (TPSA) is 25.2 Å². The molecular weight excluding hydrogens is 272 g/mol. The number of nitrogens with zero attached hydrogens (tertiary/aromatic N) is 2. The zero-order valence-corrected chi connectivity index (χ0v) is 14.7. The van der Waals surface area contributed by atoms with Gasteiger partial charge in [-0.2, -0.15) is 0 Å². The van der Waals surface area contributed by atoms with Crippen molar-refractivity contribution in [2.45, 2.75) is 34.1 Å². The van der Waals surface area contributed by atoms with Crippen molar-refractivity contribution in [3.63, 3.8) is 0 Å². The van der Waals surface area contributed by atoms with Crippen molar-refractivity contribution in [1.82, 2.24) is 9.47 Å². The summed E-state index contributed by atoms with van der Waals surface area (Å²) in [4.78, 5) is 15.0. The van der Waals surface area contributed by atoms with E-state index in [1.165, 1.54) is 16.5 Å². The van der Waals surface area contributed by atoms with Crippen LogP contribution in [-0.4, -0.2) is 36.0 Å². The molecule has 0 fully saturated rings. The fraction of sp³-hybridized carbons (Fsp3) is 0.526. The molecule has 0 radical (unpaired) electrons. The van der Waals surface area contributed by atoms with Crippen molar-refractivity contribution in [3.8, 4) is 0 Å². The van der Waals surface area contributed by atoms with Gasteiger partial charge >= 0.3 is 0 Å². The molecule has 120 valence electrons. The van der Waals surface area contributed by atoms with E-state index in [1.807, 2.05) is 11.5 Å². The Kier molecular flexibility index (Phi) is 5.07. The van der Waals surface area contributed by atoms with Gasteiger partial charge < -0.3 is 4.90 Å². The Morgan fingerprint density at radius 2 is 1.91 bits per heavy atom. The third kappa shape index (κ3) is 3.41. The van der Waals surface area contributed by atoms with E-state index in [0.29, 0.717) is 5.92 Å². The Hall–Kier alpha value is -1.61. The molecule has 0 aliphatic carbocycles. The lowest BCUT2D eigenvalue weighted by molar-refractivity contribution is 0.0818. The van der Waals surface area contributed by atoms with Crippen LogP contribution in [0, 0.1) is 18.8 Å². The first-order valence-corrected chi connectivity index (χ1v) is 8.10. The molecule has 0 saturated heterocycles. The average molecular weight is 300 g/mol. The quantitative estimate of drug-likeness (QED) is 0.834. The molecule has 0 bridgehead atoms. The van der Waals surface area contributed by atoms with Crippen molar-refractivity contribution in [3.05, 3.63) is 35.5 Å². The minimum absolute atomic E-state index is 0.0265. The van der Waals surface area contributed by atoms with Gasteiger partial charge in [-0.05, 0) is 51.1 Å². The fourth-order valence-corrected chi connectivity index (χ4v) is 2.64. The summed E-state index contributed by atoms with van der Waals surface area (Å²) in [6.45, 7) is 9.31. The lowest BCUT2D eigenvalue weighted by atomic mass is 9.97. The highest BCUT2D eigenvalue weighted by Gasteiger charge is 2.21. The van der Waals surface area contributed by atoms with Crippen LogP contribution in [0.15, 0.2) is 24.4 Å². The summed E-state index contributed by atoms with van der Waals surface area (Å²) >= 11 is 0. The van der Waals surface area contributed by atoms with Crippen LogP contribution in [0.1, 0.15) is 36.7 Å². The molecule has 1 unspecified atom stereocenters. The number of likely N-dealkylation sites (N-methyl/N-ethyl adjacent to an activating group) is 1. The molecule has 1 heterocycles. The second-order valence-electron chi connectivity index (χ2n) is 6.97. The molecule has 2 aromatic rings. The largest absolute Gasteiger partial charge is 0.309 e. The molecule has 1 aromatic heterocycles. The van der Waals surface area contributed by atoms with Crippen LogP contribution >= 0.6 is 0 Å². The summed E-state index contributed by atoms with van der Waals surface area (Å²) in [6, 6.07) is 6.36. The van der Waals surface area contributed by atoms with Gasteiger partial charge in [-0.1, -0.05) is 32.4 Å². The van der Waals surface area contributed by atoms with Crippen molar-refractivity contribution in [1.29, 1.82) is 0 Å². The number of rotatable bonds is 5. The summed E-state index contributed by atoms with van der Waals surface area (Å²) in [5.74, 6) is 0.569. The monoisotopic (exact) mass is 300 g/mol. The number of aromatic nitrogens is 1. The van der Waals surface area contributed by atoms with Gasteiger partial charge in [0.05, 0.1) is 5.52 Å². The van der Waals surface area contributed by atoms with Crippen LogP contribution in [0.25, 0.3) is 10.9 Å². The van der Waals surface area contributed by atoms with Gasteiger partial charge in [0.1, 0.15) is 0 Å². The van der Waals surface area contributed by atoms with E-state index in [0.717, 1.165) is 18.5 Å². The molecule has 3 nitrogen and oxygen atoms in total. The maximum absolute atomic E-state index is 12.8. The molecule has 1 aromatic carbocycles. The third-order valence-corrected chi connectivity index (χ3v) is 4.50. The smallest absolute Gasteiger partial charge is 0.234 e. The van der Waals surface area contributed by atoms with Gasteiger partial charge in [0.15, 0.2) is 0 Å². The molecule has 0 aliphatic heterocycles. The molecule has 2 rings (SSSR count). The van der Waals surface area contributed by atoms with E-state index in [-0.39, 0.29) is 11.8 Å². The minimum atomic E-state index is 0.0265. The van der Waals surface area contributed by atoms with Crippen LogP contribution in [-0.2, 0) is 6.42 Å². The van der Waals surface area contributed by atoms with Crippen LogP contribution < -0.4 is 0 Å². The van der Waals surface area contributed by atoms with E-state index in [9.17, 15) is 4.79 Å². The molecular formula is C19H28N2O. The normalized spacial score (nSPS) is 13.3. The Morgan fingerprint density at radius 1 is 1.23 bits per heavy atom. The number of fused-ring (bicyclic) bond motifs is 1. The van der Waals surface area contributed by atoms with Crippen molar-refractivity contribution < 1.29 is 4.79 Å². The number of aryl methyl sites for hydroxylation is 1. The predicted octanol–water partition coefficient (Wildman–Crippen LogP) is 3.99. The maximum Gasteiger partial charge on any atom is 0.234 e. The first-order valence-electron chi connectivity index (χ1n) is 8.10. The van der Waals surface area contributed by atoms with Crippen LogP contribution in [0.3, 0.4) is 0 Å². The summed E-state index contributed by atoms with van der Waals surface area (Å²) < 4.78 is 1.87. The van der Waals surface area contributed by atoms with Crippen LogP contribution in [0.5, 0.6) is 0 Å². The summed E-state index contributed by atoms with van der Waals surface area (Å²) in [6.07, 6.45) is 3.01. The predicted molar refractivity (Wildman–Crippen MR) is 93.6 cm³/mol. The molecule has 0 amide bonds. The zero-order valence-electron chi connectivity index (χ0n) is 14.7. The molecule has 22 heavy (non-hydrogen) atoms. The average Bonchev–Trinajstić information content (AvgIpc) is 2.81. The molecule has 0 spiro atoms. The lowest BCUT2D eigenvalue weighted by Gasteiger charge is -2.15. The third-order valence-electron chi connectivity index (χ3n) is 4.50. The number of carbonyl (C=O) groups is 1. The van der Waals surface area contributed by atoms with Gasteiger partial charge in [0.25, 0.3) is 0 Å². The van der Waals surface area contributed by atoms with Gasteiger partial charge in [0, 0.05) is 24.0 Å². The standard InChI is InChI=1S/C19H28N2O/c1-13(2)15(4)19(22)21-12-16(9-10-20(5)6)17-11-14(3)7-8-18(17)21/h7-8,11-13,15H,9-10H2,1-6H3. The Bertz CT molecular complexity index is 667. The molecule has 0 N–H and O–H groups in total. The minimum Gasteiger partial charge on any atom is -0.309 e. The van der Waals surface area contributed by atoms with Gasteiger partial charge in [0.2, 0.25) is 5.91 Å². The highest BCUT2D eigenvalue weighted by molar-refractivity contribution is 5.95. The van der Waals surface area contributed by atoms with Gasteiger partial charge in [-0.25, -0.2) is 0 Å². The van der Waals surface area contributed by atoms with E-state index in [1.54, 1.807) is 0 Å². The SMILES string of the molecule is Cc1ccc2c(c1)c(CCN(C)C)cn2C(=O)C(C)C(C)C. The van der Waals surface area contributed by atoms with E-state index >= 15 is 0 Å². The maximum atomic E-state index is 12.8. The molecule has 3 heteroatoms. The van der Waals surface area contributed by atoms with Crippen molar-refractivity contribution in [2.75, 3.05) is 20.6 Å². The first-order chi connectivity index (χ1) is 10.3.